The third-order valence-electron chi connectivity index (χ3n) is 4.19. The number of hydrogen-bond acceptors (Lipinski definition) is 4. The molecule has 162 valence electrons. The van der Waals surface area contributed by atoms with Crippen molar-refractivity contribution in [3.63, 3.8) is 0 Å². The van der Waals surface area contributed by atoms with E-state index in [1.165, 1.54) is 0 Å². The highest BCUT2D eigenvalue weighted by molar-refractivity contribution is 9.10. The van der Waals surface area contributed by atoms with Crippen LogP contribution in [0.2, 0.25) is 0 Å². The molecule has 3 aromatic rings. The van der Waals surface area contributed by atoms with Crippen LogP contribution in [0.1, 0.15) is 12.5 Å². The Hall–Kier alpha value is -2.62. The molecule has 3 aromatic carbocycles. The molecule has 0 heterocycles. The second kappa shape index (κ2) is 10.1. The average molecular weight is 520 g/mol. The van der Waals surface area contributed by atoms with Crippen molar-refractivity contribution in [2.45, 2.75) is 18.7 Å². The molecule has 9 heteroatoms. The highest BCUT2D eigenvalue weighted by atomic mass is 79.9. The zero-order valence-electron chi connectivity index (χ0n) is 17.0. The second-order valence-corrected chi connectivity index (χ2v) is 9.62. The fourth-order valence-corrected chi connectivity index (χ4v) is 4.57. The smallest absolute Gasteiger partial charge is 0.263 e. The van der Waals surface area contributed by atoms with E-state index in [9.17, 15) is 8.42 Å². The minimum absolute atomic E-state index is 0.103. The lowest BCUT2D eigenvalue weighted by Gasteiger charge is -2.16. The molecule has 0 saturated carbocycles. The van der Waals surface area contributed by atoms with Gasteiger partial charge in [0, 0.05) is 15.8 Å². The monoisotopic (exact) mass is 519 g/mol. The number of sulfonamides is 1. The summed E-state index contributed by atoms with van der Waals surface area (Å²) in [7, 11) is -3.84. The fourth-order valence-electron chi connectivity index (χ4n) is 2.77. The molecule has 0 aliphatic heterocycles. The lowest BCUT2D eigenvalue weighted by Crippen LogP contribution is -2.22. The van der Waals surface area contributed by atoms with Gasteiger partial charge in [-0.15, -0.1) is 0 Å². The van der Waals surface area contributed by atoms with E-state index in [1.807, 2.05) is 44.2 Å². The largest absolute Gasteiger partial charge is 0.494 e. The summed E-state index contributed by atoms with van der Waals surface area (Å²) in [5, 5.41) is 6.31. The summed E-state index contributed by atoms with van der Waals surface area (Å²) in [5.74, 6) is 0.762. The number of thiocarbonyl (C=S) groups is 1. The van der Waals surface area contributed by atoms with Crippen LogP contribution < -0.4 is 20.1 Å². The lowest BCUT2D eigenvalue weighted by atomic mass is 10.2. The first-order valence-electron chi connectivity index (χ1n) is 9.47. The van der Waals surface area contributed by atoms with Crippen LogP contribution in [-0.2, 0) is 10.0 Å². The number of rotatable bonds is 7. The molecular formula is C22H22BrN3O3S2. The SMILES string of the molecule is CCOc1ccc(NC(=S)Nc2ccc(C)cc2S(=O)(=O)Nc2ccc(Br)cc2)cc1. The van der Waals surface area contributed by atoms with Crippen molar-refractivity contribution in [3.05, 3.63) is 76.8 Å². The molecule has 0 bridgehead atoms. The van der Waals surface area contributed by atoms with Crippen LogP contribution in [0, 0.1) is 6.92 Å². The van der Waals surface area contributed by atoms with Crippen LogP contribution in [-0.4, -0.2) is 20.1 Å². The molecule has 0 aliphatic rings. The van der Waals surface area contributed by atoms with E-state index in [-0.39, 0.29) is 10.0 Å². The zero-order chi connectivity index (χ0) is 22.4. The normalized spacial score (nSPS) is 10.9. The molecular weight excluding hydrogens is 498 g/mol. The molecule has 3 N–H and O–H groups in total. The standard InChI is InChI=1S/C22H22BrN3O3S2/c1-3-29-19-11-9-17(10-12-19)24-22(30)25-20-13-4-15(2)14-21(20)31(27,28)26-18-7-5-16(23)6-8-18/h4-14,26H,3H2,1-2H3,(H2,24,25,30). The Balaban J connectivity index is 1.78. The van der Waals surface area contributed by atoms with Gasteiger partial charge in [0.1, 0.15) is 10.6 Å². The van der Waals surface area contributed by atoms with Gasteiger partial charge in [-0.2, -0.15) is 0 Å². The van der Waals surface area contributed by atoms with Crippen molar-refractivity contribution in [1.82, 2.24) is 0 Å². The van der Waals surface area contributed by atoms with Gasteiger partial charge in [0.2, 0.25) is 0 Å². The Morgan fingerprint density at radius 1 is 0.968 bits per heavy atom. The van der Waals surface area contributed by atoms with Crippen molar-refractivity contribution in [2.75, 3.05) is 22.0 Å². The maximum atomic E-state index is 13.1. The Morgan fingerprint density at radius 2 is 1.61 bits per heavy atom. The summed E-state index contributed by atoms with van der Waals surface area (Å²) in [5.41, 5.74) is 2.40. The van der Waals surface area contributed by atoms with Gasteiger partial charge in [0.15, 0.2) is 5.11 Å². The van der Waals surface area contributed by atoms with E-state index in [0.717, 1.165) is 21.5 Å². The number of hydrogen-bond donors (Lipinski definition) is 3. The molecule has 0 spiro atoms. The second-order valence-electron chi connectivity index (χ2n) is 6.65. The van der Waals surface area contributed by atoms with Gasteiger partial charge in [0.25, 0.3) is 10.0 Å². The van der Waals surface area contributed by atoms with E-state index in [4.69, 9.17) is 17.0 Å². The van der Waals surface area contributed by atoms with Crippen molar-refractivity contribution in [3.8, 4) is 5.75 Å². The third kappa shape index (κ3) is 6.43. The topological polar surface area (TPSA) is 79.5 Å². The van der Waals surface area contributed by atoms with Crippen LogP contribution >= 0.6 is 28.1 Å². The first-order chi connectivity index (χ1) is 14.8. The van der Waals surface area contributed by atoms with Gasteiger partial charge in [0.05, 0.1) is 12.3 Å². The Morgan fingerprint density at radius 3 is 2.26 bits per heavy atom. The number of ether oxygens (including phenoxy) is 1. The van der Waals surface area contributed by atoms with Crippen LogP contribution in [0.15, 0.2) is 76.1 Å². The molecule has 6 nitrogen and oxygen atoms in total. The predicted octanol–water partition coefficient (Wildman–Crippen LogP) is 5.77. The molecule has 3 rings (SSSR count). The predicted molar refractivity (Wildman–Crippen MR) is 134 cm³/mol. The highest BCUT2D eigenvalue weighted by Gasteiger charge is 2.20. The van der Waals surface area contributed by atoms with E-state index in [0.29, 0.717) is 18.0 Å². The Bertz CT molecular complexity index is 1170. The van der Waals surface area contributed by atoms with Crippen LogP contribution in [0.25, 0.3) is 0 Å². The molecule has 31 heavy (non-hydrogen) atoms. The third-order valence-corrected chi connectivity index (χ3v) is 6.35. The maximum absolute atomic E-state index is 13.1. The summed E-state index contributed by atoms with van der Waals surface area (Å²) in [6.07, 6.45) is 0. The molecule has 0 fully saturated rings. The highest BCUT2D eigenvalue weighted by Crippen LogP contribution is 2.26. The van der Waals surface area contributed by atoms with Crippen molar-refractivity contribution in [1.29, 1.82) is 0 Å². The lowest BCUT2D eigenvalue weighted by molar-refractivity contribution is 0.340. The van der Waals surface area contributed by atoms with Crippen molar-refractivity contribution < 1.29 is 13.2 Å². The number of aryl methyl sites for hydroxylation is 1. The maximum Gasteiger partial charge on any atom is 0.263 e. The van der Waals surface area contributed by atoms with Crippen molar-refractivity contribution in [2.24, 2.45) is 0 Å². The summed E-state index contributed by atoms with van der Waals surface area (Å²) >= 11 is 8.73. The van der Waals surface area contributed by atoms with E-state index >= 15 is 0 Å². The Labute approximate surface area is 196 Å². The number of benzene rings is 3. The average Bonchev–Trinajstić information content (AvgIpc) is 2.72. The quantitative estimate of drug-likeness (QED) is 0.344. The Kier molecular flexibility index (Phi) is 7.53. The first-order valence-corrected chi connectivity index (χ1v) is 12.1. The minimum atomic E-state index is -3.84. The molecule has 0 aromatic heterocycles. The van der Waals surface area contributed by atoms with E-state index in [2.05, 4.69) is 31.3 Å². The fraction of sp³-hybridized carbons (Fsp3) is 0.136. The van der Waals surface area contributed by atoms with Crippen LogP contribution in [0.4, 0.5) is 17.1 Å². The molecule has 0 atom stereocenters. The van der Waals surface area contributed by atoms with Gasteiger partial charge >= 0.3 is 0 Å². The molecule has 0 unspecified atom stereocenters. The van der Waals surface area contributed by atoms with Gasteiger partial charge in [-0.05, 0) is 92.3 Å². The van der Waals surface area contributed by atoms with Crippen LogP contribution in [0.3, 0.4) is 0 Å². The molecule has 0 amide bonds. The molecule has 0 radical (unpaired) electrons. The minimum Gasteiger partial charge on any atom is -0.494 e. The van der Waals surface area contributed by atoms with E-state index in [1.54, 1.807) is 36.4 Å². The van der Waals surface area contributed by atoms with Crippen molar-refractivity contribution >= 4 is 60.3 Å². The zero-order valence-corrected chi connectivity index (χ0v) is 20.2. The molecule has 0 aliphatic carbocycles. The molecule has 0 saturated heterocycles. The number of anilines is 3. The summed E-state index contributed by atoms with van der Waals surface area (Å²) in [4.78, 5) is 0.103. The summed E-state index contributed by atoms with van der Waals surface area (Å²) in [6.45, 7) is 4.34. The van der Waals surface area contributed by atoms with Crippen LogP contribution in [0.5, 0.6) is 5.75 Å². The summed E-state index contributed by atoms with van der Waals surface area (Å²) < 4.78 is 35.0. The van der Waals surface area contributed by atoms with Gasteiger partial charge in [-0.25, -0.2) is 8.42 Å². The van der Waals surface area contributed by atoms with Gasteiger partial charge in [-0.1, -0.05) is 22.0 Å². The van der Waals surface area contributed by atoms with E-state index < -0.39 is 10.0 Å². The summed E-state index contributed by atoms with van der Waals surface area (Å²) in [6, 6.07) is 19.3. The van der Waals surface area contributed by atoms with Gasteiger partial charge in [-0.3, -0.25) is 4.72 Å². The van der Waals surface area contributed by atoms with Gasteiger partial charge < -0.3 is 15.4 Å². The number of nitrogens with one attached hydrogen (secondary N) is 3. The first kappa shape index (κ1) is 23.1. The number of halogens is 1.